The summed E-state index contributed by atoms with van der Waals surface area (Å²) in [5.74, 6) is 6.24. The Balaban J connectivity index is 2.54. The third kappa shape index (κ3) is 2.04. The molecular formula is C10H14OS. The summed E-state index contributed by atoms with van der Waals surface area (Å²) in [7, 11) is 0. The SMILES string of the molecule is CCC#CCC1(S)CCCC1=O. The molecule has 1 unspecified atom stereocenters. The van der Waals surface area contributed by atoms with Gasteiger partial charge in [-0.05, 0) is 12.8 Å². The summed E-state index contributed by atoms with van der Waals surface area (Å²) < 4.78 is -0.415. The van der Waals surface area contributed by atoms with Gasteiger partial charge >= 0.3 is 0 Å². The number of ketones is 1. The summed E-state index contributed by atoms with van der Waals surface area (Å²) in [5, 5.41) is 0. The highest BCUT2D eigenvalue weighted by Crippen LogP contribution is 2.34. The van der Waals surface area contributed by atoms with Gasteiger partial charge in [0.25, 0.3) is 0 Å². The third-order valence-electron chi connectivity index (χ3n) is 2.20. The van der Waals surface area contributed by atoms with E-state index in [-0.39, 0.29) is 5.78 Å². The van der Waals surface area contributed by atoms with Crippen LogP contribution in [0, 0.1) is 11.8 Å². The summed E-state index contributed by atoms with van der Waals surface area (Å²) in [6.07, 6.45) is 4.06. The standard InChI is InChI=1S/C10H14OS/c1-2-3-4-7-10(12)8-5-6-9(10)11/h12H,2,5-8H2,1H3. The first kappa shape index (κ1) is 9.67. The van der Waals surface area contributed by atoms with Gasteiger partial charge in [-0.25, -0.2) is 0 Å². The van der Waals surface area contributed by atoms with Crippen LogP contribution in [0.3, 0.4) is 0 Å². The molecular weight excluding hydrogens is 168 g/mol. The maximum Gasteiger partial charge on any atom is 0.149 e. The third-order valence-corrected chi connectivity index (χ3v) is 2.83. The second-order valence-corrected chi connectivity index (χ2v) is 4.05. The highest BCUT2D eigenvalue weighted by atomic mass is 32.1. The molecule has 0 radical (unpaired) electrons. The van der Waals surface area contributed by atoms with Crippen LogP contribution >= 0.6 is 12.6 Å². The quantitative estimate of drug-likeness (QED) is 0.486. The van der Waals surface area contributed by atoms with E-state index in [1.165, 1.54) is 0 Å². The van der Waals surface area contributed by atoms with Gasteiger partial charge in [0, 0.05) is 19.3 Å². The molecule has 0 aliphatic heterocycles. The molecule has 1 atom stereocenters. The number of carbonyl (C=O) groups excluding carboxylic acids is 1. The van der Waals surface area contributed by atoms with E-state index in [0.717, 1.165) is 19.3 Å². The molecule has 0 heterocycles. The van der Waals surface area contributed by atoms with Gasteiger partial charge in [-0.1, -0.05) is 6.92 Å². The van der Waals surface area contributed by atoms with E-state index < -0.39 is 4.75 Å². The van der Waals surface area contributed by atoms with Gasteiger partial charge in [0.05, 0.1) is 4.75 Å². The van der Waals surface area contributed by atoms with Gasteiger partial charge in [0.1, 0.15) is 5.78 Å². The average molecular weight is 182 g/mol. The van der Waals surface area contributed by atoms with E-state index in [4.69, 9.17) is 0 Å². The summed E-state index contributed by atoms with van der Waals surface area (Å²) in [6.45, 7) is 2.01. The lowest BCUT2D eigenvalue weighted by molar-refractivity contribution is -0.119. The number of hydrogen-bond acceptors (Lipinski definition) is 2. The zero-order chi connectivity index (χ0) is 9.03. The van der Waals surface area contributed by atoms with Crippen molar-refractivity contribution in [3.63, 3.8) is 0 Å². The molecule has 2 heteroatoms. The van der Waals surface area contributed by atoms with Gasteiger partial charge < -0.3 is 0 Å². The smallest absolute Gasteiger partial charge is 0.149 e. The molecule has 12 heavy (non-hydrogen) atoms. The monoisotopic (exact) mass is 182 g/mol. The molecule has 0 saturated heterocycles. The molecule has 0 spiro atoms. The summed E-state index contributed by atoms with van der Waals surface area (Å²) in [5.41, 5.74) is 0. The van der Waals surface area contributed by atoms with Crippen LogP contribution in [-0.4, -0.2) is 10.5 Å². The molecule has 0 amide bonds. The zero-order valence-corrected chi connectivity index (χ0v) is 8.29. The first-order valence-corrected chi connectivity index (χ1v) is 4.85. The van der Waals surface area contributed by atoms with Crippen LogP contribution in [0.4, 0.5) is 0 Å². The Morgan fingerprint density at radius 2 is 2.33 bits per heavy atom. The van der Waals surface area contributed by atoms with E-state index in [0.29, 0.717) is 12.8 Å². The molecule has 1 rings (SSSR count). The van der Waals surface area contributed by atoms with Crippen molar-refractivity contribution in [2.45, 2.75) is 43.8 Å². The molecule has 0 aromatic carbocycles. The fraction of sp³-hybridized carbons (Fsp3) is 0.700. The Bertz CT molecular complexity index is 236. The van der Waals surface area contributed by atoms with Crippen molar-refractivity contribution in [1.82, 2.24) is 0 Å². The molecule has 1 aliphatic carbocycles. The lowest BCUT2D eigenvalue weighted by Crippen LogP contribution is -2.25. The van der Waals surface area contributed by atoms with Crippen molar-refractivity contribution in [1.29, 1.82) is 0 Å². The van der Waals surface area contributed by atoms with Crippen molar-refractivity contribution >= 4 is 18.4 Å². The summed E-state index contributed by atoms with van der Waals surface area (Å²) >= 11 is 4.40. The van der Waals surface area contributed by atoms with Crippen LogP contribution < -0.4 is 0 Å². The minimum absolute atomic E-state index is 0.274. The van der Waals surface area contributed by atoms with Crippen molar-refractivity contribution in [2.75, 3.05) is 0 Å². The first-order chi connectivity index (χ1) is 5.69. The lowest BCUT2D eigenvalue weighted by atomic mass is 10.0. The van der Waals surface area contributed by atoms with Crippen LogP contribution in [0.15, 0.2) is 0 Å². The van der Waals surface area contributed by atoms with Crippen molar-refractivity contribution in [3.05, 3.63) is 0 Å². The predicted molar refractivity (Wildman–Crippen MR) is 53.3 cm³/mol. The number of thiol groups is 1. The second kappa shape index (κ2) is 4.00. The number of Topliss-reactive ketones (excluding diaryl/α,β-unsaturated/α-hetero) is 1. The second-order valence-electron chi connectivity index (χ2n) is 3.19. The van der Waals surface area contributed by atoms with Gasteiger partial charge in [-0.3, -0.25) is 4.79 Å². The normalized spacial score (nSPS) is 28.3. The summed E-state index contributed by atoms with van der Waals surface area (Å²) in [4.78, 5) is 11.3. The van der Waals surface area contributed by atoms with Crippen LogP contribution in [0.25, 0.3) is 0 Å². The van der Waals surface area contributed by atoms with Gasteiger partial charge in [-0.2, -0.15) is 12.6 Å². The molecule has 1 nitrogen and oxygen atoms in total. The van der Waals surface area contributed by atoms with Crippen LogP contribution in [0.2, 0.25) is 0 Å². The lowest BCUT2D eigenvalue weighted by Gasteiger charge is -2.16. The van der Waals surface area contributed by atoms with Crippen molar-refractivity contribution < 1.29 is 4.79 Å². The van der Waals surface area contributed by atoms with Crippen LogP contribution in [0.1, 0.15) is 39.0 Å². The molecule has 0 aromatic rings. The Labute approximate surface area is 79.3 Å². The topological polar surface area (TPSA) is 17.1 Å². The van der Waals surface area contributed by atoms with Crippen molar-refractivity contribution in [3.8, 4) is 11.8 Å². The Morgan fingerprint density at radius 3 is 2.83 bits per heavy atom. The predicted octanol–water partition coefficient (Wildman–Crippen LogP) is 2.21. The fourth-order valence-corrected chi connectivity index (χ4v) is 1.78. The van der Waals surface area contributed by atoms with Gasteiger partial charge in [0.2, 0.25) is 0 Å². The van der Waals surface area contributed by atoms with E-state index in [2.05, 4.69) is 24.5 Å². The molecule has 66 valence electrons. The van der Waals surface area contributed by atoms with Crippen molar-refractivity contribution in [2.24, 2.45) is 0 Å². The number of rotatable bonds is 1. The van der Waals surface area contributed by atoms with Gasteiger partial charge in [-0.15, -0.1) is 11.8 Å². The molecule has 1 aliphatic rings. The zero-order valence-electron chi connectivity index (χ0n) is 7.39. The average Bonchev–Trinajstić information content (AvgIpc) is 2.34. The Kier molecular flexibility index (Phi) is 3.22. The van der Waals surface area contributed by atoms with E-state index >= 15 is 0 Å². The van der Waals surface area contributed by atoms with E-state index in [1.54, 1.807) is 0 Å². The maximum absolute atomic E-state index is 11.3. The largest absolute Gasteiger partial charge is 0.298 e. The number of hydrogen-bond donors (Lipinski definition) is 1. The highest BCUT2D eigenvalue weighted by molar-refractivity contribution is 7.82. The minimum Gasteiger partial charge on any atom is -0.298 e. The molecule has 1 saturated carbocycles. The van der Waals surface area contributed by atoms with Crippen LogP contribution in [0.5, 0.6) is 0 Å². The Morgan fingerprint density at radius 1 is 1.58 bits per heavy atom. The van der Waals surface area contributed by atoms with Crippen LogP contribution in [-0.2, 0) is 4.79 Å². The molecule has 0 bridgehead atoms. The fourth-order valence-electron chi connectivity index (χ4n) is 1.43. The minimum atomic E-state index is -0.415. The first-order valence-electron chi connectivity index (χ1n) is 4.40. The number of carbonyl (C=O) groups is 1. The maximum atomic E-state index is 11.3. The van der Waals surface area contributed by atoms with E-state index in [9.17, 15) is 4.79 Å². The van der Waals surface area contributed by atoms with E-state index in [1.807, 2.05) is 6.92 Å². The van der Waals surface area contributed by atoms with Gasteiger partial charge in [0.15, 0.2) is 0 Å². The molecule has 0 N–H and O–H groups in total. The molecule has 0 aromatic heterocycles. The molecule has 1 fully saturated rings. The highest BCUT2D eigenvalue weighted by Gasteiger charge is 2.37. The summed E-state index contributed by atoms with van der Waals surface area (Å²) in [6, 6.07) is 0. The Hall–Kier alpha value is -0.420.